The Bertz CT molecular complexity index is 731. The van der Waals surface area contributed by atoms with Crippen molar-refractivity contribution < 1.29 is 4.52 Å². The van der Waals surface area contributed by atoms with Crippen LogP contribution < -0.4 is 10.6 Å². The van der Waals surface area contributed by atoms with Crippen LogP contribution in [0.15, 0.2) is 15.7 Å². The molecule has 3 rings (SSSR count). The minimum absolute atomic E-state index is 0.327. The molecule has 25 heavy (non-hydrogen) atoms. The highest BCUT2D eigenvalue weighted by Gasteiger charge is 2.23. The molecule has 8 heteroatoms. The highest BCUT2D eigenvalue weighted by molar-refractivity contribution is 5.80. The molecule has 1 unspecified atom stereocenters. The number of nitrogens with one attached hydrogen (secondary N) is 2. The van der Waals surface area contributed by atoms with Crippen LogP contribution in [0.1, 0.15) is 56.2 Å². The predicted octanol–water partition coefficient (Wildman–Crippen LogP) is 1.77. The zero-order valence-electron chi connectivity index (χ0n) is 15.4. The Labute approximate surface area is 148 Å². The summed E-state index contributed by atoms with van der Waals surface area (Å²) in [6.45, 7) is 9.34. The van der Waals surface area contributed by atoms with Gasteiger partial charge in [0.25, 0.3) is 0 Å². The Kier molecular flexibility index (Phi) is 5.35. The van der Waals surface area contributed by atoms with Crippen LogP contribution in [-0.4, -0.2) is 38.5 Å². The molecule has 2 aromatic rings. The van der Waals surface area contributed by atoms with Gasteiger partial charge in [0.15, 0.2) is 11.8 Å². The largest absolute Gasteiger partial charge is 0.357 e. The van der Waals surface area contributed by atoms with Gasteiger partial charge in [-0.25, -0.2) is 4.99 Å². The molecule has 0 amide bonds. The molecular formula is C17H27N7O. The number of aliphatic imine (C=N–C) groups is 1. The van der Waals surface area contributed by atoms with E-state index in [4.69, 9.17) is 9.62 Å². The number of rotatable bonds is 5. The molecule has 2 heterocycles. The molecule has 0 radical (unpaired) electrons. The van der Waals surface area contributed by atoms with Crippen LogP contribution in [0.4, 0.5) is 0 Å². The van der Waals surface area contributed by atoms with Crippen molar-refractivity contribution in [3.05, 3.63) is 29.2 Å². The number of nitrogens with zero attached hydrogens (tertiary/aromatic N) is 5. The zero-order valence-corrected chi connectivity index (χ0v) is 15.4. The quantitative estimate of drug-likeness (QED) is 0.634. The third kappa shape index (κ3) is 4.37. The van der Waals surface area contributed by atoms with Crippen molar-refractivity contribution in [2.75, 3.05) is 6.54 Å². The van der Waals surface area contributed by atoms with Gasteiger partial charge in [-0.1, -0.05) is 5.16 Å². The van der Waals surface area contributed by atoms with E-state index in [2.05, 4.69) is 57.4 Å². The van der Waals surface area contributed by atoms with E-state index in [1.165, 1.54) is 11.3 Å². The van der Waals surface area contributed by atoms with Crippen molar-refractivity contribution in [2.45, 2.75) is 65.6 Å². The summed E-state index contributed by atoms with van der Waals surface area (Å²) in [4.78, 5) is 8.75. The first-order valence-electron chi connectivity index (χ1n) is 8.96. The number of guanidine groups is 1. The first-order valence-corrected chi connectivity index (χ1v) is 8.96. The Morgan fingerprint density at radius 1 is 1.48 bits per heavy atom. The normalized spacial score (nSPS) is 17.6. The summed E-state index contributed by atoms with van der Waals surface area (Å²) in [5, 5.41) is 15.4. The lowest BCUT2D eigenvalue weighted by molar-refractivity contribution is 0.387. The maximum atomic E-state index is 4.99. The van der Waals surface area contributed by atoms with Crippen molar-refractivity contribution in [3.8, 4) is 0 Å². The predicted molar refractivity (Wildman–Crippen MR) is 95.4 cm³/mol. The molecule has 2 aromatic heterocycles. The van der Waals surface area contributed by atoms with Gasteiger partial charge in [0.1, 0.15) is 6.54 Å². The molecule has 8 nitrogen and oxygen atoms in total. The van der Waals surface area contributed by atoms with Gasteiger partial charge in [0.2, 0.25) is 5.89 Å². The zero-order chi connectivity index (χ0) is 17.8. The van der Waals surface area contributed by atoms with E-state index in [-0.39, 0.29) is 0 Å². The van der Waals surface area contributed by atoms with Crippen molar-refractivity contribution in [2.24, 2.45) is 4.99 Å². The van der Waals surface area contributed by atoms with E-state index < -0.39 is 0 Å². The fourth-order valence-electron chi connectivity index (χ4n) is 2.97. The number of hydrogen-bond donors (Lipinski definition) is 2. The number of aryl methyl sites for hydroxylation is 2. The summed E-state index contributed by atoms with van der Waals surface area (Å²) >= 11 is 0. The van der Waals surface area contributed by atoms with Gasteiger partial charge in [-0.2, -0.15) is 10.1 Å². The Balaban J connectivity index is 1.64. The second kappa shape index (κ2) is 7.67. The minimum Gasteiger partial charge on any atom is -0.357 e. The summed E-state index contributed by atoms with van der Waals surface area (Å²) in [6, 6.07) is 0.724. The summed E-state index contributed by atoms with van der Waals surface area (Å²) < 4.78 is 7.05. The van der Waals surface area contributed by atoms with Crippen molar-refractivity contribution in [1.82, 2.24) is 30.6 Å². The molecule has 0 bridgehead atoms. The maximum absolute atomic E-state index is 4.99. The van der Waals surface area contributed by atoms with E-state index in [0.717, 1.165) is 31.8 Å². The summed E-state index contributed by atoms with van der Waals surface area (Å²) in [5.74, 6) is 1.93. The smallest absolute Gasteiger partial charge is 0.223 e. The third-order valence-corrected chi connectivity index (χ3v) is 4.26. The molecule has 1 aliphatic rings. The van der Waals surface area contributed by atoms with Crippen LogP contribution in [0.5, 0.6) is 0 Å². The lowest BCUT2D eigenvalue weighted by atomic mass is 9.94. The molecule has 0 fully saturated rings. The van der Waals surface area contributed by atoms with Gasteiger partial charge in [0, 0.05) is 38.2 Å². The van der Waals surface area contributed by atoms with Gasteiger partial charge in [-0.15, -0.1) is 0 Å². The molecule has 136 valence electrons. The Morgan fingerprint density at radius 2 is 2.32 bits per heavy atom. The van der Waals surface area contributed by atoms with E-state index in [1.807, 2.05) is 0 Å². The molecule has 0 saturated carbocycles. The molecular weight excluding hydrogens is 318 g/mol. The van der Waals surface area contributed by atoms with Crippen LogP contribution in [0.3, 0.4) is 0 Å². The van der Waals surface area contributed by atoms with Crippen LogP contribution in [0.2, 0.25) is 0 Å². The topological polar surface area (TPSA) is 93.2 Å². The van der Waals surface area contributed by atoms with E-state index >= 15 is 0 Å². The highest BCUT2D eigenvalue weighted by Crippen LogP contribution is 2.21. The second-order valence-electron chi connectivity index (χ2n) is 6.68. The summed E-state index contributed by atoms with van der Waals surface area (Å²) in [6.07, 6.45) is 5.22. The fourth-order valence-corrected chi connectivity index (χ4v) is 2.97. The molecule has 0 aromatic carbocycles. The van der Waals surface area contributed by atoms with Gasteiger partial charge in [-0.3, -0.25) is 4.68 Å². The highest BCUT2D eigenvalue weighted by atomic mass is 16.5. The number of fused-ring (bicyclic) bond motifs is 1. The average molecular weight is 345 g/mol. The molecule has 2 N–H and O–H groups in total. The van der Waals surface area contributed by atoms with E-state index in [9.17, 15) is 0 Å². The number of hydrogen-bond acceptors (Lipinski definition) is 5. The SMILES string of the molecule is CCNC(=NCc1noc(C)n1)NC1CCc2cn(C(C)C)nc2C1. The molecule has 0 spiro atoms. The fraction of sp³-hybridized carbons (Fsp3) is 0.647. The molecule has 0 aliphatic heterocycles. The second-order valence-corrected chi connectivity index (χ2v) is 6.68. The van der Waals surface area contributed by atoms with Crippen LogP contribution in [0.25, 0.3) is 0 Å². The van der Waals surface area contributed by atoms with Crippen LogP contribution in [0, 0.1) is 6.92 Å². The standard InChI is InChI=1S/C17H27N7O/c1-5-18-17(19-9-16-20-12(4)25-23-16)21-14-7-6-13-10-24(11(2)3)22-15(13)8-14/h10-11,14H,5-9H2,1-4H3,(H2,18,19,21). The van der Waals surface area contributed by atoms with Gasteiger partial charge < -0.3 is 15.2 Å². The molecule has 0 saturated heterocycles. The first-order chi connectivity index (χ1) is 12.0. The number of aromatic nitrogens is 4. The summed E-state index contributed by atoms with van der Waals surface area (Å²) in [5.41, 5.74) is 2.57. The lowest BCUT2D eigenvalue weighted by Crippen LogP contribution is -2.45. The van der Waals surface area contributed by atoms with Gasteiger partial charge >= 0.3 is 0 Å². The van der Waals surface area contributed by atoms with Crippen LogP contribution >= 0.6 is 0 Å². The van der Waals surface area contributed by atoms with E-state index in [1.54, 1.807) is 6.92 Å². The minimum atomic E-state index is 0.327. The van der Waals surface area contributed by atoms with Gasteiger partial charge in [0.05, 0.1) is 5.69 Å². The molecule has 1 aliphatic carbocycles. The van der Waals surface area contributed by atoms with Crippen molar-refractivity contribution >= 4 is 5.96 Å². The van der Waals surface area contributed by atoms with Gasteiger partial charge in [-0.05, 0) is 39.2 Å². The monoisotopic (exact) mass is 345 g/mol. The molecule has 1 atom stereocenters. The third-order valence-electron chi connectivity index (χ3n) is 4.26. The van der Waals surface area contributed by atoms with Crippen molar-refractivity contribution in [3.63, 3.8) is 0 Å². The maximum Gasteiger partial charge on any atom is 0.223 e. The van der Waals surface area contributed by atoms with Crippen LogP contribution in [-0.2, 0) is 19.4 Å². The Morgan fingerprint density at radius 3 is 3.00 bits per heavy atom. The average Bonchev–Trinajstić information content (AvgIpc) is 3.18. The van der Waals surface area contributed by atoms with Crippen molar-refractivity contribution in [1.29, 1.82) is 0 Å². The summed E-state index contributed by atoms with van der Waals surface area (Å²) in [7, 11) is 0. The lowest BCUT2D eigenvalue weighted by Gasteiger charge is -2.24. The van der Waals surface area contributed by atoms with E-state index in [0.29, 0.717) is 30.3 Å². The first kappa shape index (κ1) is 17.4. The Hall–Kier alpha value is -2.38.